The van der Waals surface area contributed by atoms with Crippen LogP contribution in [0.3, 0.4) is 0 Å². The van der Waals surface area contributed by atoms with E-state index in [0.29, 0.717) is 11.5 Å². The topological polar surface area (TPSA) is 58.4 Å². The number of nitrogens with zero attached hydrogens (tertiary/aromatic N) is 3. The van der Waals surface area contributed by atoms with Gasteiger partial charge in [-0.05, 0) is 44.0 Å². The molecule has 5 nitrogen and oxygen atoms in total. The number of hydrogen-bond donors (Lipinski definition) is 1. The smallest absolute Gasteiger partial charge is 0.341 e. The monoisotopic (exact) mass is 273 g/mol. The van der Waals surface area contributed by atoms with Gasteiger partial charge in [0.15, 0.2) is 0 Å². The first-order valence-corrected chi connectivity index (χ1v) is 6.40. The Hall–Kier alpha value is -2.30. The maximum Gasteiger partial charge on any atom is 0.341 e. The molecule has 0 atom stereocenters. The van der Waals surface area contributed by atoms with Crippen molar-refractivity contribution in [2.45, 2.75) is 20.8 Å². The van der Waals surface area contributed by atoms with E-state index in [0.717, 1.165) is 16.8 Å². The minimum Gasteiger partial charge on any atom is -0.477 e. The fraction of sp³-hybridized carbons (Fsp3) is 0.333. The number of anilines is 2. The normalized spacial score (nSPS) is 10.7. The fourth-order valence-corrected chi connectivity index (χ4v) is 2.55. The summed E-state index contributed by atoms with van der Waals surface area (Å²) in [5.74, 6) is -0.373. The molecule has 5 heteroatoms. The molecule has 0 saturated carbocycles. The van der Waals surface area contributed by atoms with Crippen LogP contribution in [-0.2, 0) is 7.05 Å². The van der Waals surface area contributed by atoms with Gasteiger partial charge in [0.25, 0.3) is 0 Å². The lowest BCUT2D eigenvalue weighted by molar-refractivity contribution is 0.0697. The third-order valence-electron chi connectivity index (χ3n) is 3.32. The molecule has 0 aliphatic carbocycles. The Kier molecular flexibility index (Phi) is 3.53. The van der Waals surface area contributed by atoms with Gasteiger partial charge in [-0.25, -0.2) is 4.79 Å². The predicted octanol–water partition coefficient (Wildman–Crippen LogP) is 2.81. The van der Waals surface area contributed by atoms with E-state index >= 15 is 0 Å². The molecular weight excluding hydrogens is 254 g/mol. The summed E-state index contributed by atoms with van der Waals surface area (Å²) < 4.78 is 1.61. The highest BCUT2D eigenvalue weighted by atomic mass is 16.4. The minimum atomic E-state index is -0.957. The number of rotatable bonds is 3. The number of benzene rings is 1. The predicted molar refractivity (Wildman–Crippen MR) is 78.9 cm³/mol. The largest absolute Gasteiger partial charge is 0.477 e. The zero-order chi connectivity index (χ0) is 15.0. The number of aromatic carboxylic acids is 1. The highest BCUT2D eigenvalue weighted by Crippen LogP contribution is 2.29. The molecule has 2 aromatic rings. The van der Waals surface area contributed by atoms with Crippen LogP contribution >= 0.6 is 0 Å². The van der Waals surface area contributed by atoms with E-state index in [2.05, 4.69) is 11.2 Å². The van der Waals surface area contributed by atoms with Crippen LogP contribution in [0.4, 0.5) is 11.5 Å². The first kappa shape index (κ1) is 14.1. The van der Waals surface area contributed by atoms with Crippen LogP contribution < -0.4 is 4.90 Å². The fourth-order valence-electron chi connectivity index (χ4n) is 2.55. The summed E-state index contributed by atoms with van der Waals surface area (Å²) in [6.07, 6.45) is 0. The molecule has 20 heavy (non-hydrogen) atoms. The van der Waals surface area contributed by atoms with Gasteiger partial charge in [0.05, 0.1) is 5.69 Å². The van der Waals surface area contributed by atoms with E-state index in [4.69, 9.17) is 0 Å². The lowest BCUT2D eigenvalue weighted by atomic mass is 10.1. The molecule has 1 N–H and O–H groups in total. The standard InChI is InChI=1S/C15H19N3O2/c1-9-6-10(2)8-12(7-9)17(4)14-13(15(19)20)11(3)16-18(14)5/h6-8H,1-5H3,(H,19,20). The summed E-state index contributed by atoms with van der Waals surface area (Å²) >= 11 is 0. The van der Waals surface area contributed by atoms with Gasteiger partial charge < -0.3 is 10.0 Å². The van der Waals surface area contributed by atoms with Gasteiger partial charge >= 0.3 is 5.97 Å². The summed E-state index contributed by atoms with van der Waals surface area (Å²) in [4.78, 5) is 13.3. The third kappa shape index (κ3) is 2.39. The van der Waals surface area contributed by atoms with E-state index in [-0.39, 0.29) is 5.56 Å². The number of carbonyl (C=O) groups is 1. The van der Waals surface area contributed by atoms with Crippen LogP contribution in [0, 0.1) is 20.8 Å². The van der Waals surface area contributed by atoms with Gasteiger partial charge in [0, 0.05) is 19.8 Å². The first-order chi connectivity index (χ1) is 9.31. The maximum absolute atomic E-state index is 11.4. The molecule has 2 rings (SSSR count). The Labute approximate surface area is 118 Å². The van der Waals surface area contributed by atoms with Crippen LogP contribution in [-0.4, -0.2) is 27.9 Å². The molecule has 0 bridgehead atoms. The number of carboxylic acids is 1. The molecule has 0 radical (unpaired) electrons. The zero-order valence-electron chi connectivity index (χ0n) is 12.4. The van der Waals surface area contributed by atoms with Crippen LogP contribution in [0.1, 0.15) is 27.2 Å². The average Bonchev–Trinajstić information content (AvgIpc) is 2.62. The van der Waals surface area contributed by atoms with Crippen LogP contribution in [0.15, 0.2) is 18.2 Å². The van der Waals surface area contributed by atoms with Gasteiger partial charge in [-0.1, -0.05) is 6.07 Å². The molecule has 0 amide bonds. The van der Waals surface area contributed by atoms with Gasteiger partial charge in [0.2, 0.25) is 0 Å². The molecule has 0 spiro atoms. The summed E-state index contributed by atoms with van der Waals surface area (Å²) in [5, 5.41) is 13.6. The van der Waals surface area contributed by atoms with Crippen LogP contribution in [0.5, 0.6) is 0 Å². The summed E-state index contributed by atoms with van der Waals surface area (Å²) in [6, 6.07) is 6.14. The number of hydrogen-bond acceptors (Lipinski definition) is 3. The van der Waals surface area contributed by atoms with E-state index in [1.165, 1.54) is 0 Å². The van der Waals surface area contributed by atoms with Crippen LogP contribution in [0.2, 0.25) is 0 Å². The second kappa shape index (κ2) is 5.00. The molecule has 0 aliphatic rings. The summed E-state index contributed by atoms with van der Waals surface area (Å²) in [5.41, 5.74) is 4.00. The van der Waals surface area contributed by atoms with Crippen molar-refractivity contribution in [3.05, 3.63) is 40.6 Å². The molecule has 0 unspecified atom stereocenters. The molecule has 106 valence electrons. The lowest BCUT2D eigenvalue weighted by Gasteiger charge is -2.21. The maximum atomic E-state index is 11.4. The molecule has 1 aromatic carbocycles. The highest BCUT2D eigenvalue weighted by Gasteiger charge is 2.23. The van der Waals surface area contributed by atoms with Crippen molar-refractivity contribution in [2.24, 2.45) is 7.05 Å². The Morgan fingerprint density at radius 2 is 1.75 bits per heavy atom. The molecular formula is C15H19N3O2. The van der Waals surface area contributed by atoms with E-state index in [1.807, 2.05) is 37.9 Å². The van der Waals surface area contributed by atoms with Crippen molar-refractivity contribution >= 4 is 17.5 Å². The second-order valence-corrected chi connectivity index (χ2v) is 5.12. The lowest BCUT2D eigenvalue weighted by Crippen LogP contribution is -2.17. The Morgan fingerprint density at radius 3 is 2.25 bits per heavy atom. The second-order valence-electron chi connectivity index (χ2n) is 5.12. The van der Waals surface area contributed by atoms with Gasteiger partial charge in [-0.15, -0.1) is 0 Å². The first-order valence-electron chi connectivity index (χ1n) is 6.40. The van der Waals surface area contributed by atoms with Gasteiger partial charge in [-0.2, -0.15) is 5.10 Å². The van der Waals surface area contributed by atoms with Gasteiger partial charge in [0.1, 0.15) is 11.4 Å². The number of carboxylic acid groups (broad SMARTS) is 1. The van der Waals surface area contributed by atoms with Gasteiger partial charge in [-0.3, -0.25) is 4.68 Å². The van der Waals surface area contributed by atoms with E-state index in [9.17, 15) is 9.90 Å². The summed E-state index contributed by atoms with van der Waals surface area (Å²) in [6.45, 7) is 5.76. The molecule has 0 aliphatic heterocycles. The van der Waals surface area contributed by atoms with Crippen molar-refractivity contribution in [1.29, 1.82) is 0 Å². The van der Waals surface area contributed by atoms with E-state index in [1.54, 1.807) is 18.7 Å². The van der Waals surface area contributed by atoms with Crippen molar-refractivity contribution in [3.8, 4) is 0 Å². The van der Waals surface area contributed by atoms with Crippen molar-refractivity contribution in [1.82, 2.24) is 9.78 Å². The Morgan fingerprint density at radius 1 is 1.20 bits per heavy atom. The zero-order valence-corrected chi connectivity index (χ0v) is 12.4. The minimum absolute atomic E-state index is 0.245. The number of aromatic nitrogens is 2. The number of aryl methyl sites for hydroxylation is 4. The Balaban J connectivity index is 2.58. The summed E-state index contributed by atoms with van der Waals surface area (Å²) in [7, 11) is 3.62. The van der Waals surface area contributed by atoms with Crippen LogP contribution in [0.25, 0.3) is 0 Å². The quantitative estimate of drug-likeness (QED) is 0.934. The van der Waals surface area contributed by atoms with Crippen molar-refractivity contribution in [3.63, 3.8) is 0 Å². The van der Waals surface area contributed by atoms with Crippen molar-refractivity contribution in [2.75, 3.05) is 11.9 Å². The van der Waals surface area contributed by atoms with E-state index < -0.39 is 5.97 Å². The molecule has 1 aromatic heterocycles. The molecule has 1 heterocycles. The average molecular weight is 273 g/mol. The third-order valence-corrected chi connectivity index (χ3v) is 3.32. The highest BCUT2D eigenvalue weighted by molar-refractivity contribution is 5.95. The Bertz CT molecular complexity index is 654. The molecule has 0 fully saturated rings. The molecule has 0 saturated heterocycles. The van der Waals surface area contributed by atoms with Crippen molar-refractivity contribution < 1.29 is 9.90 Å². The SMILES string of the molecule is Cc1cc(C)cc(N(C)c2c(C(=O)O)c(C)nn2C)c1.